The number of hydrogen-bond acceptors (Lipinski definition) is 2. The molecule has 1 unspecified atom stereocenters. The maximum absolute atomic E-state index is 13.7. The number of rotatable bonds is 4. The Morgan fingerprint density at radius 3 is 2.67 bits per heavy atom. The van der Waals surface area contributed by atoms with E-state index in [9.17, 15) is 13.6 Å². The number of halogens is 4. The summed E-state index contributed by atoms with van der Waals surface area (Å²) in [6.45, 7) is 0. The van der Waals surface area contributed by atoms with Crippen molar-refractivity contribution in [2.75, 3.05) is 0 Å². The second kappa shape index (κ2) is 7.91. The molecule has 0 aromatic heterocycles. The largest absolute Gasteiger partial charge is 0.333 e. The highest BCUT2D eigenvalue weighted by Crippen LogP contribution is 2.26. The Bertz CT molecular complexity index is 847. The highest BCUT2D eigenvalue weighted by molar-refractivity contribution is 6.42. The van der Waals surface area contributed by atoms with Crippen LogP contribution in [0.2, 0.25) is 10.0 Å². The first kappa shape index (κ1) is 17.9. The van der Waals surface area contributed by atoms with Crippen LogP contribution < -0.4 is 5.32 Å². The van der Waals surface area contributed by atoms with Gasteiger partial charge in [-0.05, 0) is 23.8 Å². The number of amides is 1. The molecule has 2 aromatic carbocycles. The summed E-state index contributed by atoms with van der Waals surface area (Å²) in [6.07, 6.45) is 2.56. The Morgan fingerprint density at radius 1 is 1.25 bits per heavy atom. The lowest BCUT2D eigenvalue weighted by atomic mass is 10.1. The van der Waals surface area contributed by atoms with Crippen LogP contribution in [0.15, 0.2) is 42.5 Å². The highest BCUT2D eigenvalue weighted by Gasteiger charge is 2.17. The van der Waals surface area contributed by atoms with Gasteiger partial charge in [0.25, 0.3) is 0 Å². The van der Waals surface area contributed by atoms with E-state index >= 15 is 0 Å². The summed E-state index contributed by atoms with van der Waals surface area (Å²) in [6, 6.07) is 8.18. The molecular weight excluding hydrogens is 357 g/mol. The molecule has 0 radical (unpaired) electrons. The van der Waals surface area contributed by atoms with Gasteiger partial charge in [-0.1, -0.05) is 41.4 Å². The molecule has 3 nitrogen and oxygen atoms in total. The normalized spacial score (nSPS) is 12.0. The van der Waals surface area contributed by atoms with Crippen LogP contribution in [-0.4, -0.2) is 5.91 Å². The van der Waals surface area contributed by atoms with Crippen molar-refractivity contribution in [3.05, 3.63) is 75.3 Å². The fraction of sp³-hybridized carbons (Fsp3) is 0.0588. The van der Waals surface area contributed by atoms with Crippen LogP contribution in [0, 0.1) is 23.0 Å². The summed E-state index contributed by atoms with van der Waals surface area (Å²) in [5.74, 6) is -2.32. The van der Waals surface area contributed by atoms with E-state index in [1.165, 1.54) is 6.08 Å². The Morgan fingerprint density at radius 2 is 2.00 bits per heavy atom. The van der Waals surface area contributed by atoms with E-state index in [4.69, 9.17) is 28.5 Å². The summed E-state index contributed by atoms with van der Waals surface area (Å²) in [7, 11) is 0. The zero-order chi connectivity index (χ0) is 17.7. The third-order valence-corrected chi connectivity index (χ3v) is 3.92. The van der Waals surface area contributed by atoms with Crippen LogP contribution in [0.25, 0.3) is 6.08 Å². The van der Waals surface area contributed by atoms with Crippen molar-refractivity contribution in [3.63, 3.8) is 0 Å². The van der Waals surface area contributed by atoms with Crippen LogP contribution in [0.1, 0.15) is 17.2 Å². The van der Waals surface area contributed by atoms with Crippen LogP contribution >= 0.6 is 23.2 Å². The molecule has 24 heavy (non-hydrogen) atoms. The van der Waals surface area contributed by atoms with Gasteiger partial charge in [0, 0.05) is 17.7 Å². The predicted octanol–water partition coefficient (Wildman–Crippen LogP) is 4.67. The van der Waals surface area contributed by atoms with Gasteiger partial charge in [0.1, 0.15) is 17.7 Å². The summed E-state index contributed by atoms with van der Waals surface area (Å²) in [5, 5.41) is 12.0. The number of nitriles is 1. The minimum atomic E-state index is -1.25. The molecule has 122 valence electrons. The van der Waals surface area contributed by atoms with E-state index in [2.05, 4.69) is 5.32 Å². The third kappa shape index (κ3) is 4.31. The second-order valence-electron chi connectivity index (χ2n) is 4.71. The van der Waals surface area contributed by atoms with Gasteiger partial charge in [-0.15, -0.1) is 0 Å². The molecule has 0 aliphatic rings. The van der Waals surface area contributed by atoms with Crippen molar-refractivity contribution >= 4 is 35.2 Å². The van der Waals surface area contributed by atoms with Crippen LogP contribution in [-0.2, 0) is 4.79 Å². The lowest BCUT2D eigenvalue weighted by Gasteiger charge is -2.11. The van der Waals surface area contributed by atoms with Crippen LogP contribution in [0.5, 0.6) is 0 Å². The molecule has 1 atom stereocenters. The number of nitrogens with zero attached hydrogens (tertiary/aromatic N) is 1. The summed E-state index contributed by atoms with van der Waals surface area (Å²) < 4.78 is 26.6. The Kier molecular flexibility index (Phi) is 5.91. The van der Waals surface area contributed by atoms with E-state index in [1.54, 1.807) is 24.3 Å². The average Bonchev–Trinajstić information content (AvgIpc) is 2.54. The fourth-order valence-corrected chi connectivity index (χ4v) is 2.29. The number of nitrogens with one attached hydrogen (secondary N) is 1. The zero-order valence-corrected chi connectivity index (χ0v) is 13.6. The molecule has 1 amide bonds. The van der Waals surface area contributed by atoms with Gasteiger partial charge in [-0.3, -0.25) is 4.79 Å². The highest BCUT2D eigenvalue weighted by atomic mass is 35.5. The van der Waals surface area contributed by atoms with Crippen molar-refractivity contribution in [3.8, 4) is 6.07 Å². The van der Waals surface area contributed by atoms with Gasteiger partial charge in [-0.2, -0.15) is 5.26 Å². The van der Waals surface area contributed by atoms with Gasteiger partial charge < -0.3 is 5.32 Å². The molecule has 0 saturated carbocycles. The first-order chi connectivity index (χ1) is 11.4. The SMILES string of the molecule is N#CC(NC(=O)/C=C/c1cccc(Cl)c1Cl)c1ccc(F)cc1F. The second-order valence-corrected chi connectivity index (χ2v) is 5.50. The molecule has 0 fully saturated rings. The molecule has 0 saturated heterocycles. The van der Waals surface area contributed by atoms with E-state index in [-0.39, 0.29) is 10.6 Å². The average molecular weight is 367 g/mol. The monoisotopic (exact) mass is 366 g/mol. The van der Waals surface area contributed by atoms with Crippen LogP contribution in [0.3, 0.4) is 0 Å². The maximum atomic E-state index is 13.7. The lowest BCUT2D eigenvalue weighted by molar-refractivity contribution is -0.116. The summed E-state index contributed by atoms with van der Waals surface area (Å²) in [5.41, 5.74) is 0.391. The molecule has 0 aliphatic carbocycles. The van der Waals surface area contributed by atoms with E-state index in [0.717, 1.165) is 18.2 Å². The number of benzene rings is 2. The third-order valence-electron chi connectivity index (χ3n) is 3.08. The van der Waals surface area contributed by atoms with Gasteiger partial charge in [0.05, 0.1) is 16.1 Å². The molecule has 0 bridgehead atoms. The van der Waals surface area contributed by atoms with Crippen molar-refractivity contribution in [1.82, 2.24) is 5.32 Å². The lowest BCUT2D eigenvalue weighted by Crippen LogP contribution is -2.26. The minimum Gasteiger partial charge on any atom is -0.333 e. The molecule has 1 N–H and O–H groups in total. The van der Waals surface area contributed by atoms with Crippen LogP contribution in [0.4, 0.5) is 8.78 Å². The quantitative estimate of drug-likeness (QED) is 0.799. The Labute approximate surface area is 147 Å². The number of carbonyl (C=O) groups is 1. The Hall–Kier alpha value is -2.42. The fourth-order valence-electron chi connectivity index (χ4n) is 1.92. The first-order valence-corrected chi connectivity index (χ1v) is 7.45. The van der Waals surface area contributed by atoms with Gasteiger partial charge in [-0.25, -0.2) is 8.78 Å². The van der Waals surface area contributed by atoms with E-state index < -0.39 is 23.6 Å². The van der Waals surface area contributed by atoms with Crippen molar-refractivity contribution in [2.24, 2.45) is 0 Å². The number of hydrogen-bond donors (Lipinski definition) is 1. The van der Waals surface area contributed by atoms with Gasteiger partial charge >= 0.3 is 0 Å². The summed E-state index contributed by atoms with van der Waals surface area (Å²) in [4.78, 5) is 11.9. The van der Waals surface area contributed by atoms with E-state index in [0.29, 0.717) is 16.7 Å². The topological polar surface area (TPSA) is 52.9 Å². The molecule has 2 rings (SSSR count). The zero-order valence-electron chi connectivity index (χ0n) is 12.1. The molecule has 2 aromatic rings. The van der Waals surface area contributed by atoms with Gasteiger partial charge in [0.2, 0.25) is 5.91 Å². The molecule has 0 spiro atoms. The van der Waals surface area contributed by atoms with Crippen molar-refractivity contribution in [2.45, 2.75) is 6.04 Å². The molecule has 0 heterocycles. The molecule has 0 aliphatic heterocycles. The smallest absolute Gasteiger partial charge is 0.245 e. The van der Waals surface area contributed by atoms with Crippen molar-refractivity contribution in [1.29, 1.82) is 5.26 Å². The Balaban J connectivity index is 2.14. The standard InChI is InChI=1S/C17H10Cl2F2N2O/c18-13-3-1-2-10(17(13)19)4-7-16(24)23-15(9-22)12-6-5-11(20)8-14(12)21/h1-8,15H,(H,23,24)/b7-4+. The van der Waals surface area contributed by atoms with E-state index in [1.807, 2.05) is 0 Å². The number of carbonyl (C=O) groups excluding carboxylic acids is 1. The van der Waals surface area contributed by atoms with Gasteiger partial charge in [0.15, 0.2) is 0 Å². The molecular formula is C17H10Cl2F2N2O. The molecule has 7 heteroatoms. The summed E-state index contributed by atoms with van der Waals surface area (Å²) >= 11 is 11.9. The minimum absolute atomic E-state index is 0.124. The maximum Gasteiger partial charge on any atom is 0.245 e. The first-order valence-electron chi connectivity index (χ1n) is 6.69. The predicted molar refractivity (Wildman–Crippen MR) is 88.4 cm³/mol. The van der Waals surface area contributed by atoms with Crippen molar-refractivity contribution < 1.29 is 13.6 Å².